The summed E-state index contributed by atoms with van der Waals surface area (Å²) in [7, 11) is 0. The number of carboxylic acids is 1. The van der Waals surface area contributed by atoms with Gasteiger partial charge in [0.25, 0.3) is 4.51 Å². The number of aliphatic hydroxyl groups excluding tert-OH is 2. The van der Waals surface area contributed by atoms with Gasteiger partial charge in [0.05, 0.1) is 0 Å². The molecule has 0 radical (unpaired) electrons. The molecule has 0 unspecified atom stereocenters. The van der Waals surface area contributed by atoms with Crippen molar-refractivity contribution in [1.29, 1.82) is 0 Å². The lowest BCUT2D eigenvalue weighted by molar-refractivity contribution is -0.292. The fourth-order valence-corrected chi connectivity index (χ4v) is 3.08. The molecule has 8 nitrogen and oxygen atoms in total. The van der Waals surface area contributed by atoms with Crippen LogP contribution in [0, 0.1) is 0 Å². The first kappa shape index (κ1) is 17.5. The highest BCUT2D eigenvalue weighted by Gasteiger charge is 2.67. The Kier molecular flexibility index (Phi) is 4.27. The van der Waals surface area contributed by atoms with Crippen molar-refractivity contribution in [3.63, 3.8) is 0 Å². The molecule has 0 aliphatic carbocycles. The van der Waals surface area contributed by atoms with Gasteiger partial charge in [0.1, 0.15) is 12.2 Å². The molecule has 1 aromatic carbocycles. The summed E-state index contributed by atoms with van der Waals surface area (Å²) >= 11 is 8.35. The van der Waals surface area contributed by atoms with Gasteiger partial charge in [-0.1, -0.05) is 29.8 Å². The predicted molar refractivity (Wildman–Crippen MR) is 85.9 cm³/mol. The third-order valence-electron chi connectivity index (χ3n) is 3.75. The molecule has 130 valence electrons. The Bertz CT molecular complexity index is 748. The zero-order valence-corrected chi connectivity index (χ0v) is 14.2. The van der Waals surface area contributed by atoms with E-state index in [1.807, 2.05) is 12.1 Å². The summed E-state index contributed by atoms with van der Waals surface area (Å²) in [5.74, 6) is -1.52. The molecule has 0 spiro atoms. The van der Waals surface area contributed by atoms with E-state index in [-0.39, 0.29) is 5.88 Å². The van der Waals surface area contributed by atoms with Crippen molar-refractivity contribution in [2.24, 2.45) is 0 Å². The van der Waals surface area contributed by atoms with E-state index in [0.29, 0.717) is 0 Å². The average molecular weight is 423 g/mol. The second kappa shape index (κ2) is 5.87. The Morgan fingerprint density at radius 3 is 2.67 bits per heavy atom. The number of aromatic nitrogens is 1. The van der Waals surface area contributed by atoms with Crippen LogP contribution in [0.4, 0.5) is 0 Å². The van der Waals surface area contributed by atoms with Crippen molar-refractivity contribution in [3.8, 4) is 5.88 Å². The molecule has 5 N–H and O–H groups in total. The monoisotopic (exact) mass is 421 g/mol. The number of aliphatic carboxylic acids is 1. The summed E-state index contributed by atoms with van der Waals surface area (Å²) < 4.78 is 7.94. The summed E-state index contributed by atoms with van der Waals surface area (Å²) in [6, 6.07) is 8.83. The highest BCUT2D eigenvalue weighted by molar-refractivity contribution is 9.10. The third kappa shape index (κ3) is 2.57. The van der Waals surface area contributed by atoms with Crippen LogP contribution >= 0.6 is 27.5 Å². The Balaban J connectivity index is 1.91. The summed E-state index contributed by atoms with van der Waals surface area (Å²) in [6.45, 7) is 0. The number of fused-ring (bicyclic) bond motifs is 1. The molecule has 1 fully saturated rings. The minimum absolute atomic E-state index is 0.174. The van der Waals surface area contributed by atoms with Crippen LogP contribution in [0.5, 0.6) is 5.88 Å². The van der Waals surface area contributed by atoms with E-state index < -0.39 is 34.0 Å². The summed E-state index contributed by atoms with van der Waals surface area (Å²) in [6.07, 6.45) is -5.47. The fourth-order valence-electron chi connectivity index (χ4n) is 2.41. The Labute approximate surface area is 148 Å². The topological polar surface area (TPSA) is 132 Å². The first-order chi connectivity index (χ1) is 11.2. The first-order valence-corrected chi connectivity index (χ1v) is 7.96. The van der Waals surface area contributed by atoms with Gasteiger partial charge in [-0.05, 0) is 22.0 Å². The lowest BCUT2D eigenvalue weighted by Crippen LogP contribution is -2.71. The number of ether oxygens (including phenoxy) is 2. The van der Waals surface area contributed by atoms with Crippen molar-refractivity contribution in [3.05, 3.63) is 30.3 Å². The highest BCUT2D eigenvalue weighted by Crippen LogP contribution is 2.45. The van der Waals surface area contributed by atoms with Crippen molar-refractivity contribution >= 4 is 44.4 Å². The molecule has 2 heterocycles. The Hall–Kier alpha value is -1.36. The zero-order chi connectivity index (χ0) is 17.7. The van der Waals surface area contributed by atoms with Crippen LogP contribution in [-0.2, 0) is 9.53 Å². The van der Waals surface area contributed by atoms with E-state index >= 15 is 0 Å². The van der Waals surface area contributed by atoms with Crippen molar-refractivity contribution in [2.45, 2.75) is 28.1 Å². The molecule has 1 aliphatic rings. The van der Waals surface area contributed by atoms with Gasteiger partial charge >= 0.3 is 5.97 Å². The van der Waals surface area contributed by atoms with Crippen LogP contribution in [0.2, 0.25) is 0 Å². The Morgan fingerprint density at radius 2 is 2.04 bits per heavy atom. The van der Waals surface area contributed by atoms with E-state index in [9.17, 15) is 25.2 Å². The molecule has 1 aromatic heterocycles. The van der Waals surface area contributed by atoms with E-state index in [1.165, 1.54) is 0 Å². The van der Waals surface area contributed by atoms with Gasteiger partial charge in [-0.3, -0.25) is 0 Å². The molecule has 0 bridgehead atoms. The van der Waals surface area contributed by atoms with Crippen molar-refractivity contribution < 1.29 is 34.7 Å². The van der Waals surface area contributed by atoms with E-state index in [2.05, 4.69) is 20.9 Å². The fraction of sp³-hybridized carbons (Fsp3) is 0.357. The van der Waals surface area contributed by atoms with Crippen LogP contribution in [0.15, 0.2) is 30.3 Å². The number of aliphatic hydroxyl groups is 3. The number of hydrogen-bond donors (Lipinski definition) is 5. The molecule has 2 aromatic rings. The van der Waals surface area contributed by atoms with Crippen LogP contribution in [0.3, 0.4) is 0 Å². The van der Waals surface area contributed by atoms with Gasteiger partial charge in [0.2, 0.25) is 11.4 Å². The summed E-state index contributed by atoms with van der Waals surface area (Å²) in [5.41, 5.74) is 0.746. The van der Waals surface area contributed by atoms with E-state index in [4.69, 9.17) is 21.1 Å². The quantitative estimate of drug-likeness (QED) is 0.461. The molecular weight excluding hydrogens is 410 g/mol. The maximum atomic E-state index is 11.4. The van der Waals surface area contributed by atoms with Gasteiger partial charge < -0.3 is 34.9 Å². The van der Waals surface area contributed by atoms with Gasteiger partial charge in [0.15, 0.2) is 5.88 Å². The van der Waals surface area contributed by atoms with Gasteiger partial charge in [-0.2, -0.15) is 0 Å². The number of para-hydroxylation sites is 1. The number of aromatic amines is 1. The number of nitrogens with one attached hydrogen (secondary N) is 1. The summed E-state index contributed by atoms with van der Waals surface area (Å²) in [5, 5.41) is 37.3. The second-order valence-corrected chi connectivity index (χ2v) is 7.03. The molecule has 0 saturated carbocycles. The van der Waals surface area contributed by atoms with Crippen molar-refractivity contribution in [2.75, 3.05) is 0 Å². The standard InChI is InChI=1S/C14H13BrClNO7/c15-13(12(20)21)14(16,22)10(19)9(18)11(24-13)23-8-5-6-3-1-2-4-7(6)17-8/h1-5,9-11,17-19,22H,(H,20,21)/t9-,10-,11-,13-,14+/m1/s1. The number of carboxylic acid groups (broad SMARTS) is 1. The molecule has 10 heteroatoms. The first-order valence-electron chi connectivity index (χ1n) is 6.79. The van der Waals surface area contributed by atoms with Crippen LogP contribution < -0.4 is 4.74 Å². The lowest BCUT2D eigenvalue weighted by atomic mass is 9.98. The zero-order valence-electron chi connectivity index (χ0n) is 11.9. The number of hydrogen-bond acceptors (Lipinski definition) is 6. The summed E-state index contributed by atoms with van der Waals surface area (Å²) in [4.78, 5) is 14.3. The second-order valence-electron chi connectivity index (χ2n) is 5.33. The number of alkyl halides is 2. The van der Waals surface area contributed by atoms with Crippen LogP contribution in [0.25, 0.3) is 10.9 Å². The molecule has 1 aliphatic heterocycles. The average Bonchev–Trinajstić information content (AvgIpc) is 2.93. The minimum Gasteiger partial charge on any atom is -0.478 e. The number of benzene rings is 1. The maximum absolute atomic E-state index is 11.4. The van der Waals surface area contributed by atoms with Gasteiger partial charge in [-0.25, -0.2) is 4.79 Å². The highest BCUT2D eigenvalue weighted by atomic mass is 79.9. The lowest BCUT2D eigenvalue weighted by Gasteiger charge is -2.47. The number of halogens is 2. The van der Waals surface area contributed by atoms with E-state index in [1.54, 1.807) is 18.2 Å². The van der Waals surface area contributed by atoms with E-state index in [0.717, 1.165) is 10.9 Å². The Morgan fingerprint density at radius 1 is 1.38 bits per heavy atom. The number of rotatable bonds is 3. The predicted octanol–water partition coefficient (Wildman–Crippen LogP) is 0.728. The molecular formula is C14H13BrClNO7. The molecule has 5 atom stereocenters. The molecule has 3 rings (SSSR count). The number of H-pyrrole nitrogens is 1. The maximum Gasteiger partial charge on any atom is 0.352 e. The van der Waals surface area contributed by atoms with Crippen LogP contribution in [0.1, 0.15) is 0 Å². The third-order valence-corrected chi connectivity index (χ3v) is 5.60. The van der Waals surface area contributed by atoms with Gasteiger partial charge in [-0.15, -0.1) is 0 Å². The molecule has 0 amide bonds. The smallest absolute Gasteiger partial charge is 0.352 e. The molecule has 1 saturated heterocycles. The van der Waals surface area contributed by atoms with Gasteiger partial charge in [0, 0.05) is 17.0 Å². The van der Waals surface area contributed by atoms with Crippen molar-refractivity contribution in [1.82, 2.24) is 4.98 Å². The largest absolute Gasteiger partial charge is 0.478 e. The van der Waals surface area contributed by atoms with Crippen LogP contribution in [-0.4, -0.2) is 59.4 Å². The number of carbonyl (C=O) groups is 1. The normalized spacial score (nSPS) is 36.6. The SMILES string of the molecule is O=C(O)[C@@]1(Br)O[C@@H](Oc2cc3ccccc3[nH]2)[C@H](O)[C@@H](O)[C@@]1(O)Cl. The molecule has 24 heavy (non-hydrogen) atoms. The minimum atomic E-state index is -2.82.